The van der Waals surface area contributed by atoms with E-state index in [2.05, 4.69) is 0 Å². The van der Waals surface area contributed by atoms with Gasteiger partial charge in [0.25, 0.3) is 0 Å². The molecular formula is C17H24BFO2. The smallest absolute Gasteiger partial charge is 0.398 e. The second-order valence-electron chi connectivity index (χ2n) is 6.88. The van der Waals surface area contributed by atoms with E-state index in [0.717, 1.165) is 16.7 Å². The third-order valence-electron chi connectivity index (χ3n) is 4.62. The SMILES string of the molecule is CC(=C(F)B1OC(C)(C)C(C)(C)O1)c1cc(C)ccc1C. The van der Waals surface area contributed by atoms with Gasteiger partial charge in [0.15, 0.2) is 0 Å². The van der Waals surface area contributed by atoms with Crippen molar-refractivity contribution in [2.45, 2.75) is 59.7 Å². The van der Waals surface area contributed by atoms with Crippen LogP contribution in [0.3, 0.4) is 0 Å². The van der Waals surface area contributed by atoms with Gasteiger partial charge in [-0.1, -0.05) is 23.8 Å². The Kier molecular flexibility index (Phi) is 4.07. The van der Waals surface area contributed by atoms with E-state index in [0.29, 0.717) is 5.57 Å². The molecule has 1 aromatic carbocycles. The fraction of sp³-hybridized carbons (Fsp3) is 0.529. The number of benzene rings is 1. The van der Waals surface area contributed by atoms with Crippen LogP contribution in [0.1, 0.15) is 51.3 Å². The maximum atomic E-state index is 14.8. The van der Waals surface area contributed by atoms with Gasteiger partial charge in [0, 0.05) is 0 Å². The van der Waals surface area contributed by atoms with E-state index in [9.17, 15) is 4.39 Å². The molecule has 0 aromatic heterocycles. The van der Waals surface area contributed by atoms with Crippen LogP contribution in [0.15, 0.2) is 23.9 Å². The van der Waals surface area contributed by atoms with Crippen molar-refractivity contribution in [2.75, 3.05) is 0 Å². The zero-order valence-electron chi connectivity index (χ0n) is 14.0. The molecular weight excluding hydrogens is 266 g/mol. The fourth-order valence-corrected chi connectivity index (χ4v) is 2.39. The molecule has 0 N–H and O–H groups in total. The zero-order valence-corrected chi connectivity index (χ0v) is 14.0. The molecule has 1 aliphatic rings. The molecule has 1 saturated heterocycles. The third-order valence-corrected chi connectivity index (χ3v) is 4.62. The van der Waals surface area contributed by atoms with Crippen LogP contribution in [-0.2, 0) is 9.31 Å². The van der Waals surface area contributed by atoms with Crippen LogP contribution in [-0.4, -0.2) is 18.3 Å². The van der Waals surface area contributed by atoms with E-state index >= 15 is 0 Å². The van der Waals surface area contributed by atoms with E-state index in [1.54, 1.807) is 6.92 Å². The maximum Gasteiger partial charge on any atom is 0.525 e. The third kappa shape index (κ3) is 2.92. The standard InChI is InChI=1S/C17H24BFO2/c1-11-8-9-12(2)14(10-11)13(3)15(19)18-20-16(4,5)17(6,7)21-18/h8-10H,1-7H3. The Morgan fingerprint density at radius 2 is 1.57 bits per heavy atom. The molecule has 0 saturated carbocycles. The van der Waals surface area contributed by atoms with Crippen molar-refractivity contribution in [1.29, 1.82) is 0 Å². The summed E-state index contributed by atoms with van der Waals surface area (Å²) < 4.78 is 26.4. The largest absolute Gasteiger partial charge is 0.525 e. The van der Waals surface area contributed by atoms with Gasteiger partial charge in [-0.15, -0.1) is 0 Å². The van der Waals surface area contributed by atoms with Crippen molar-refractivity contribution in [1.82, 2.24) is 0 Å². The van der Waals surface area contributed by atoms with E-state index in [1.807, 2.05) is 59.7 Å². The Hall–Kier alpha value is -1.13. The molecule has 4 heteroatoms. The number of halogens is 1. The summed E-state index contributed by atoms with van der Waals surface area (Å²) >= 11 is 0. The molecule has 2 nitrogen and oxygen atoms in total. The Balaban J connectivity index is 2.38. The van der Waals surface area contributed by atoms with Crippen molar-refractivity contribution in [3.63, 3.8) is 0 Å². The van der Waals surface area contributed by atoms with Crippen molar-refractivity contribution in [2.24, 2.45) is 0 Å². The molecule has 2 rings (SSSR count). The van der Waals surface area contributed by atoms with Gasteiger partial charge in [0.05, 0.1) is 11.2 Å². The topological polar surface area (TPSA) is 18.5 Å². The summed E-state index contributed by atoms with van der Waals surface area (Å²) in [6, 6.07) is 6.03. The number of rotatable bonds is 2. The van der Waals surface area contributed by atoms with Gasteiger partial charge >= 0.3 is 7.12 Å². The molecule has 1 aromatic rings. The van der Waals surface area contributed by atoms with Crippen LogP contribution in [0.4, 0.5) is 4.39 Å². The highest BCUT2D eigenvalue weighted by atomic mass is 19.1. The summed E-state index contributed by atoms with van der Waals surface area (Å²) in [6.45, 7) is 13.5. The Labute approximate surface area is 127 Å². The van der Waals surface area contributed by atoms with Crippen molar-refractivity contribution >= 4 is 12.7 Å². The molecule has 0 spiro atoms. The number of hydrogen-bond acceptors (Lipinski definition) is 2. The first-order valence-corrected chi connectivity index (χ1v) is 7.35. The molecule has 1 fully saturated rings. The molecule has 1 heterocycles. The first-order chi connectivity index (χ1) is 9.55. The van der Waals surface area contributed by atoms with Gasteiger partial charge in [-0.2, -0.15) is 0 Å². The lowest BCUT2D eigenvalue weighted by atomic mass is 9.82. The molecule has 1 aliphatic heterocycles. The molecule has 0 radical (unpaired) electrons. The minimum Gasteiger partial charge on any atom is -0.398 e. The van der Waals surface area contributed by atoms with Crippen LogP contribution in [0.2, 0.25) is 0 Å². The number of hydrogen-bond donors (Lipinski definition) is 0. The molecule has 21 heavy (non-hydrogen) atoms. The fourth-order valence-electron chi connectivity index (χ4n) is 2.39. The summed E-state index contributed by atoms with van der Waals surface area (Å²) in [5.41, 5.74) is 2.23. The highest BCUT2D eigenvalue weighted by molar-refractivity contribution is 6.55. The van der Waals surface area contributed by atoms with Gasteiger partial charge < -0.3 is 9.31 Å². The Bertz CT molecular complexity index is 574. The van der Waals surface area contributed by atoms with Gasteiger partial charge in [-0.3, -0.25) is 0 Å². The number of allylic oxidation sites excluding steroid dienone is 1. The van der Waals surface area contributed by atoms with Gasteiger partial charge in [-0.05, 0) is 65.2 Å². The molecule has 0 bridgehead atoms. The van der Waals surface area contributed by atoms with Gasteiger partial charge in [0.1, 0.15) is 5.73 Å². The predicted molar refractivity (Wildman–Crippen MR) is 85.7 cm³/mol. The molecule has 0 unspecified atom stereocenters. The average molecular weight is 290 g/mol. The van der Waals surface area contributed by atoms with Crippen molar-refractivity contribution in [3.8, 4) is 0 Å². The highest BCUT2D eigenvalue weighted by Crippen LogP contribution is 2.40. The molecule has 0 amide bonds. The van der Waals surface area contributed by atoms with Crippen LogP contribution >= 0.6 is 0 Å². The maximum absolute atomic E-state index is 14.8. The van der Waals surface area contributed by atoms with Crippen molar-refractivity contribution in [3.05, 3.63) is 40.6 Å². The summed E-state index contributed by atoms with van der Waals surface area (Å²) in [6.07, 6.45) is 0. The Morgan fingerprint density at radius 1 is 1.05 bits per heavy atom. The summed E-state index contributed by atoms with van der Waals surface area (Å²) in [5, 5.41) is 0. The first kappa shape index (κ1) is 16.2. The van der Waals surface area contributed by atoms with Crippen molar-refractivity contribution < 1.29 is 13.7 Å². The summed E-state index contributed by atoms with van der Waals surface area (Å²) in [7, 11) is -0.935. The van der Waals surface area contributed by atoms with Crippen LogP contribution in [0.5, 0.6) is 0 Å². The van der Waals surface area contributed by atoms with E-state index < -0.39 is 18.3 Å². The lowest BCUT2D eigenvalue weighted by molar-refractivity contribution is 0.00578. The second-order valence-corrected chi connectivity index (χ2v) is 6.88. The predicted octanol–water partition coefficient (Wildman–Crippen LogP) is 4.64. The molecule has 0 aliphatic carbocycles. The van der Waals surface area contributed by atoms with E-state index in [4.69, 9.17) is 9.31 Å². The zero-order chi connectivity index (χ0) is 16.0. The Morgan fingerprint density at radius 3 is 2.10 bits per heavy atom. The molecule has 114 valence electrons. The molecule has 0 atom stereocenters. The van der Waals surface area contributed by atoms with Crippen LogP contribution in [0, 0.1) is 13.8 Å². The van der Waals surface area contributed by atoms with Crippen LogP contribution < -0.4 is 0 Å². The summed E-state index contributed by atoms with van der Waals surface area (Å²) in [5.74, 6) is 0. The summed E-state index contributed by atoms with van der Waals surface area (Å²) in [4.78, 5) is 0. The second kappa shape index (κ2) is 5.26. The van der Waals surface area contributed by atoms with Gasteiger partial charge in [0.2, 0.25) is 0 Å². The van der Waals surface area contributed by atoms with E-state index in [-0.39, 0.29) is 5.73 Å². The van der Waals surface area contributed by atoms with E-state index in [1.165, 1.54) is 0 Å². The number of aryl methyl sites for hydroxylation is 2. The normalized spacial score (nSPS) is 21.4. The average Bonchev–Trinajstić information content (AvgIpc) is 2.59. The minimum absolute atomic E-state index is 0.345. The highest BCUT2D eigenvalue weighted by Gasteiger charge is 2.53. The first-order valence-electron chi connectivity index (χ1n) is 7.35. The van der Waals surface area contributed by atoms with Crippen LogP contribution in [0.25, 0.3) is 5.57 Å². The minimum atomic E-state index is -0.935. The quantitative estimate of drug-likeness (QED) is 0.739. The lowest BCUT2D eigenvalue weighted by Crippen LogP contribution is -2.41. The van der Waals surface area contributed by atoms with Gasteiger partial charge in [-0.25, -0.2) is 4.39 Å². The lowest BCUT2D eigenvalue weighted by Gasteiger charge is -2.32. The monoisotopic (exact) mass is 290 g/mol.